The Kier molecular flexibility index (Phi) is 6.47. The number of benzene rings is 1. The second-order valence-corrected chi connectivity index (χ2v) is 6.50. The van der Waals surface area contributed by atoms with Gasteiger partial charge in [0.05, 0.1) is 18.4 Å². The van der Waals surface area contributed by atoms with Gasteiger partial charge in [0.15, 0.2) is 11.7 Å². The molecule has 3 rings (SSSR count). The third-order valence-corrected chi connectivity index (χ3v) is 4.56. The van der Waals surface area contributed by atoms with Gasteiger partial charge in [-0.2, -0.15) is 0 Å². The summed E-state index contributed by atoms with van der Waals surface area (Å²) in [5.41, 5.74) is 4.31. The highest BCUT2D eigenvalue weighted by molar-refractivity contribution is 5.79. The number of oxazole rings is 1. The highest BCUT2D eigenvalue weighted by Gasteiger charge is 2.14. The monoisotopic (exact) mass is 381 g/mol. The summed E-state index contributed by atoms with van der Waals surface area (Å²) < 4.78 is 11.3. The fourth-order valence-corrected chi connectivity index (χ4v) is 2.93. The van der Waals surface area contributed by atoms with E-state index in [4.69, 9.17) is 8.94 Å². The lowest BCUT2D eigenvalue weighted by atomic mass is 10.1. The molecule has 0 atom stereocenters. The highest BCUT2D eigenvalue weighted by Crippen LogP contribution is 2.20. The van der Waals surface area contributed by atoms with Crippen molar-refractivity contribution in [2.24, 2.45) is 4.99 Å². The summed E-state index contributed by atoms with van der Waals surface area (Å²) in [6.45, 7) is 7.24. The molecule has 0 saturated carbocycles. The van der Waals surface area contributed by atoms with Crippen LogP contribution in [0.3, 0.4) is 0 Å². The number of rotatable bonds is 7. The molecule has 7 heteroatoms. The van der Waals surface area contributed by atoms with Crippen LogP contribution in [0.25, 0.3) is 11.3 Å². The average Bonchev–Trinajstić information content (AvgIpc) is 3.35. The Labute approximate surface area is 165 Å². The number of hydrogen-bond acceptors (Lipinski definition) is 5. The van der Waals surface area contributed by atoms with Crippen molar-refractivity contribution < 1.29 is 8.94 Å². The molecule has 3 aromatic rings. The van der Waals surface area contributed by atoms with E-state index in [2.05, 4.69) is 58.7 Å². The van der Waals surface area contributed by atoms with E-state index in [0.717, 1.165) is 41.2 Å². The van der Waals surface area contributed by atoms with Crippen LogP contribution in [-0.4, -0.2) is 23.1 Å². The molecule has 7 nitrogen and oxygen atoms in total. The van der Waals surface area contributed by atoms with E-state index < -0.39 is 0 Å². The first-order chi connectivity index (χ1) is 13.6. The number of guanidine groups is 1. The van der Waals surface area contributed by atoms with E-state index in [1.54, 1.807) is 13.2 Å². The van der Waals surface area contributed by atoms with Gasteiger partial charge in [0.25, 0.3) is 0 Å². The van der Waals surface area contributed by atoms with Gasteiger partial charge in [0.1, 0.15) is 5.76 Å². The lowest BCUT2D eigenvalue weighted by Gasteiger charge is -2.11. The summed E-state index contributed by atoms with van der Waals surface area (Å²) in [5.74, 6) is 2.94. The topological polar surface area (TPSA) is 88.5 Å². The van der Waals surface area contributed by atoms with Crippen LogP contribution >= 0.6 is 0 Å². The summed E-state index contributed by atoms with van der Waals surface area (Å²) in [5, 5.41) is 10.7. The first kappa shape index (κ1) is 19.7. The van der Waals surface area contributed by atoms with Crippen LogP contribution in [0.5, 0.6) is 0 Å². The van der Waals surface area contributed by atoms with Gasteiger partial charge < -0.3 is 19.6 Å². The summed E-state index contributed by atoms with van der Waals surface area (Å²) in [7, 11) is 1.73. The highest BCUT2D eigenvalue weighted by atomic mass is 16.5. The van der Waals surface area contributed by atoms with E-state index in [9.17, 15) is 0 Å². The Hall–Kier alpha value is -3.09. The minimum absolute atomic E-state index is 0.441. The van der Waals surface area contributed by atoms with Crippen LogP contribution in [0.1, 0.15) is 42.3 Å². The van der Waals surface area contributed by atoms with Gasteiger partial charge in [-0.25, -0.2) is 4.98 Å². The fourth-order valence-electron chi connectivity index (χ4n) is 2.93. The number of aliphatic imine (C=N–C) groups is 1. The first-order valence-corrected chi connectivity index (χ1v) is 9.57. The van der Waals surface area contributed by atoms with E-state index in [1.165, 1.54) is 5.56 Å². The number of hydrogen-bond donors (Lipinski definition) is 2. The maximum atomic E-state index is 5.85. The van der Waals surface area contributed by atoms with Crippen molar-refractivity contribution in [3.63, 3.8) is 0 Å². The molecule has 2 aromatic heterocycles. The van der Waals surface area contributed by atoms with Gasteiger partial charge >= 0.3 is 0 Å². The molecule has 2 heterocycles. The predicted molar refractivity (Wildman–Crippen MR) is 109 cm³/mol. The minimum Gasteiger partial charge on any atom is -0.439 e. The molecule has 0 spiro atoms. The van der Waals surface area contributed by atoms with Crippen LogP contribution in [0, 0.1) is 6.92 Å². The van der Waals surface area contributed by atoms with Gasteiger partial charge in [0, 0.05) is 31.1 Å². The fraction of sp³-hybridized carbons (Fsp3) is 0.381. The van der Waals surface area contributed by atoms with Crippen molar-refractivity contribution in [2.75, 3.05) is 7.05 Å². The molecular formula is C21H27N5O2. The summed E-state index contributed by atoms with van der Waals surface area (Å²) in [4.78, 5) is 8.61. The van der Waals surface area contributed by atoms with E-state index in [1.807, 2.05) is 12.1 Å². The second kappa shape index (κ2) is 9.21. The molecule has 0 amide bonds. The van der Waals surface area contributed by atoms with E-state index in [-0.39, 0.29) is 0 Å². The average molecular weight is 381 g/mol. The Morgan fingerprint density at radius 1 is 1.07 bits per heavy atom. The van der Waals surface area contributed by atoms with Crippen LogP contribution in [0.4, 0.5) is 0 Å². The molecular weight excluding hydrogens is 354 g/mol. The van der Waals surface area contributed by atoms with Gasteiger partial charge in [-0.15, -0.1) is 0 Å². The lowest BCUT2D eigenvalue weighted by Crippen LogP contribution is -2.36. The Morgan fingerprint density at radius 3 is 2.50 bits per heavy atom. The molecule has 148 valence electrons. The van der Waals surface area contributed by atoms with E-state index >= 15 is 0 Å². The van der Waals surface area contributed by atoms with Gasteiger partial charge in [-0.05, 0) is 13.3 Å². The van der Waals surface area contributed by atoms with Gasteiger partial charge in [0.2, 0.25) is 5.89 Å². The third-order valence-electron chi connectivity index (χ3n) is 4.56. The first-order valence-electron chi connectivity index (χ1n) is 9.57. The predicted octanol–water partition coefficient (Wildman–Crippen LogP) is 3.63. The molecule has 1 aromatic carbocycles. The van der Waals surface area contributed by atoms with Crippen molar-refractivity contribution in [2.45, 2.75) is 46.7 Å². The molecule has 28 heavy (non-hydrogen) atoms. The summed E-state index contributed by atoms with van der Waals surface area (Å²) in [6.07, 6.45) is 3.40. The maximum Gasteiger partial charge on any atom is 0.214 e. The number of aromatic nitrogens is 2. The molecule has 0 radical (unpaired) electrons. The van der Waals surface area contributed by atoms with Crippen LogP contribution in [0.2, 0.25) is 0 Å². The summed E-state index contributed by atoms with van der Waals surface area (Å²) in [6, 6.07) is 8.18. The Bertz CT molecular complexity index is 903. The standard InChI is InChI=1S/C21H27N5O2/c1-5-17-16(18(6-2)28-26-17)11-24-21(22-4)25-13-20-23-12-19(27-20)15-9-7-14(3)8-10-15/h7-10,12H,5-6,11,13H2,1-4H3,(H2,22,24,25). The van der Waals surface area contributed by atoms with Crippen molar-refractivity contribution in [1.29, 1.82) is 0 Å². The molecule has 0 saturated heterocycles. The van der Waals surface area contributed by atoms with Crippen LogP contribution in [-0.2, 0) is 25.9 Å². The van der Waals surface area contributed by atoms with Crippen molar-refractivity contribution in [3.8, 4) is 11.3 Å². The Morgan fingerprint density at radius 2 is 1.82 bits per heavy atom. The van der Waals surface area contributed by atoms with Crippen LogP contribution in [0.15, 0.2) is 44.4 Å². The normalized spacial score (nSPS) is 11.6. The van der Waals surface area contributed by atoms with E-state index in [0.29, 0.717) is 24.9 Å². The quantitative estimate of drug-likeness (QED) is 0.480. The maximum absolute atomic E-state index is 5.85. The zero-order chi connectivity index (χ0) is 19.9. The zero-order valence-corrected chi connectivity index (χ0v) is 16.9. The molecule has 0 aliphatic carbocycles. The van der Waals surface area contributed by atoms with Gasteiger partial charge in [-0.3, -0.25) is 4.99 Å². The number of nitrogens with zero attached hydrogens (tertiary/aromatic N) is 3. The van der Waals surface area contributed by atoms with Gasteiger partial charge in [-0.1, -0.05) is 48.8 Å². The Balaban J connectivity index is 1.58. The number of nitrogens with one attached hydrogen (secondary N) is 2. The molecule has 0 fully saturated rings. The second-order valence-electron chi connectivity index (χ2n) is 6.50. The summed E-state index contributed by atoms with van der Waals surface area (Å²) >= 11 is 0. The minimum atomic E-state index is 0.441. The molecule has 0 bridgehead atoms. The number of aryl methyl sites for hydroxylation is 3. The third kappa shape index (κ3) is 4.60. The zero-order valence-electron chi connectivity index (χ0n) is 16.9. The molecule has 0 aliphatic rings. The smallest absolute Gasteiger partial charge is 0.214 e. The van der Waals surface area contributed by atoms with Crippen molar-refractivity contribution in [1.82, 2.24) is 20.8 Å². The van der Waals surface area contributed by atoms with Crippen molar-refractivity contribution in [3.05, 3.63) is 58.9 Å². The lowest BCUT2D eigenvalue weighted by molar-refractivity contribution is 0.380. The largest absolute Gasteiger partial charge is 0.439 e. The van der Waals surface area contributed by atoms with Crippen molar-refractivity contribution >= 4 is 5.96 Å². The molecule has 0 unspecified atom stereocenters. The SMILES string of the molecule is CCc1noc(CC)c1CNC(=NC)NCc1ncc(-c2ccc(C)cc2)o1. The molecule has 0 aliphatic heterocycles. The van der Waals surface area contributed by atoms with Crippen LogP contribution < -0.4 is 10.6 Å². The molecule has 2 N–H and O–H groups in total.